The Hall–Kier alpha value is -2.65. The third-order valence-electron chi connectivity index (χ3n) is 4.88. The van der Waals surface area contributed by atoms with Crippen LogP contribution in [0.4, 0.5) is 0 Å². The van der Waals surface area contributed by atoms with Crippen molar-refractivity contribution in [2.75, 3.05) is 26.2 Å². The number of rotatable bonds is 7. The molecular formula is C23H26N2O. The van der Waals surface area contributed by atoms with Crippen molar-refractivity contribution in [3.63, 3.8) is 0 Å². The summed E-state index contributed by atoms with van der Waals surface area (Å²) in [7, 11) is 0. The van der Waals surface area contributed by atoms with Crippen LogP contribution in [0.5, 0.6) is 0 Å². The third-order valence-corrected chi connectivity index (χ3v) is 4.88. The van der Waals surface area contributed by atoms with Crippen molar-refractivity contribution < 1.29 is 4.79 Å². The molecule has 0 bridgehead atoms. The monoisotopic (exact) mass is 346 g/mol. The summed E-state index contributed by atoms with van der Waals surface area (Å²) in [6.07, 6.45) is 3.66. The molecule has 2 aromatic carbocycles. The highest BCUT2D eigenvalue weighted by Gasteiger charge is 2.29. The van der Waals surface area contributed by atoms with Gasteiger partial charge < -0.3 is 4.90 Å². The SMILES string of the molecule is C=CCN(CC=C)CC(=O)N1Cc2ccccc2C(c2ccccc2)C1. The van der Waals surface area contributed by atoms with Gasteiger partial charge in [0.05, 0.1) is 6.54 Å². The van der Waals surface area contributed by atoms with Crippen LogP contribution in [0.2, 0.25) is 0 Å². The first-order valence-corrected chi connectivity index (χ1v) is 9.07. The normalized spacial score (nSPS) is 16.2. The Morgan fingerprint density at radius 2 is 1.69 bits per heavy atom. The molecule has 1 heterocycles. The fraction of sp³-hybridized carbons (Fsp3) is 0.261. The summed E-state index contributed by atoms with van der Waals surface area (Å²) >= 11 is 0. The average Bonchev–Trinajstić information content (AvgIpc) is 2.68. The maximum atomic E-state index is 13.0. The molecule has 0 radical (unpaired) electrons. The van der Waals surface area contributed by atoms with E-state index in [4.69, 9.17) is 0 Å². The molecule has 0 spiro atoms. The summed E-state index contributed by atoms with van der Waals surface area (Å²) in [6.45, 7) is 10.7. The molecule has 3 nitrogen and oxygen atoms in total. The van der Waals surface area contributed by atoms with Crippen molar-refractivity contribution in [1.29, 1.82) is 0 Å². The Morgan fingerprint density at radius 1 is 1.04 bits per heavy atom. The van der Waals surface area contributed by atoms with E-state index in [0.717, 1.165) is 6.54 Å². The van der Waals surface area contributed by atoms with Crippen LogP contribution in [0.3, 0.4) is 0 Å². The summed E-state index contributed by atoms with van der Waals surface area (Å²) in [5, 5.41) is 0. The van der Waals surface area contributed by atoms with E-state index in [1.54, 1.807) is 0 Å². The van der Waals surface area contributed by atoms with Crippen LogP contribution in [0.15, 0.2) is 79.9 Å². The maximum Gasteiger partial charge on any atom is 0.237 e. The minimum absolute atomic E-state index is 0.157. The zero-order valence-electron chi connectivity index (χ0n) is 15.2. The molecule has 3 heteroatoms. The zero-order valence-corrected chi connectivity index (χ0v) is 15.2. The number of carbonyl (C=O) groups is 1. The van der Waals surface area contributed by atoms with E-state index >= 15 is 0 Å². The summed E-state index contributed by atoms with van der Waals surface area (Å²) in [4.78, 5) is 17.0. The van der Waals surface area contributed by atoms with Gasteiger partial charge in [-0.3, -0.25) is 9.69 Å². The predicted octanol–water partition coefficient (Wildman–Crippen LogP) is 3.83. The Labute approximate surface area is 156 Å². The lowest BCUT2D eigenvalue weighted by Crippen LogP contribution is -2.44. The van der Waals surface area contributed by atoms with E-state index in [1.807, 2.05) is 23.1 Å². The first-order valence-electron chi connectivity index (χ1n) is 9.07. The molecule has 1 atom stereocenters. The summed E-state index contributed by atoms with van der Waals surface area (Å²) < 4.78 is 0. The topological polar surface area (TPSA) is 23.6 Å². The molecule has 0 aromatic heterocycles. The molecule has 0 saturated heterocycles. The van der Waals surface area contributed by atoms with Crippen LogP contribution in [0.25, 0.3) is 0 Å². The standard InChI is InChI=1S/C23H26N2O/c1-3-14-24(15-4-2)18-23(26)25-16-20-12-8-9-13-21(20)22(17-25)19-10-6-5-7-11-19/h3-13,22H,1-2,14-18H2. The molecule has 134 valence electrons. The Balaban J connectivity index is 1.83. The van der Waals surface area contributed by atoms with Gasteiger partial charge in [-0.2, -0.15) is 0 Å². The summed E-state index contributed by atoms with van der Waals surface area (Å²) in [5.41, 5.74) is 3.82. The number of hydrogen-bond acceptors (Lipinski definition) is 2. The van der Waals surface area contributed by atoms with Crippen LogP contribution in [0, 0.1) is 0 Å². The van der Waals surface area contributed by atoms with E-state index in [9.17, 15) is 4.79 Å². The highest BCUT2D eigenvalue weighted by Crippen LogP contribution is 2.33. The van der Waals surface area contributed by atoms with Crippen LogP contribution >= 0.6 is 0 Å². The highest BCUT2D eigenvalue weighted by atomic mass is 16.2. The molecule has 3 rings (SSSR count). The average molecular weight is 346 g/mol. The van der Waals surface area contributed by atoms with Crippen LogP contribution in [-0.4, -0.2) is 41.9 Å². The smallest absolute Gasteiger partial charge is 0.237 e. The van der Waals surface area contributed by atoms with Gasteiger partial charge in [0.2, 0.25) is 5.91 Å². The van der Waals surface area contributed by atoms with E-state index < -0.39 is 0 Å². The fourth-order valence-corrected chi connectivity index (χ4v) is 3.63. The molecule has 2 aromatic rings. The first-order chi connectivity index (χ1) is 12.7. The van der Waals surface area contributed by atoms with E-state index in [-0.39, 0.29) is 11.8 Å². The summed E-state index contributed by atoms with van der Waals surface area (Å²) in [6, 6.07) is 18.9. The van der Waals surface area contributed by atoms with Crippen molar-refractivity contribution in [3.05, 3.63) is 96.6 Å². The van der Waals surface area contributed by atoms with Gasteiger partial charge in [0.25, 0.3) is 0 Å². The first kappa shape index (κ1) is 18.2. The number of carbonyl (C=O) groups excluding carboxylic acids is 1. The van der Waals surface area contributed by atoms with Gasteiger partial charge in [0, 0.05) is 32.1 Å². The van der Waals surface area contributed by atoms with Gasteiger partial charge in [-0.25, -0.2) is 0 Å². The lowest BCUT2D eigenvalue weighted by molar-refractivity contribution is -0.133. The van der Waals surface area contributed by atoms with Gasteiger partial charge in [0.15, 0.2) is 0 Å². The number of benzene rings is 2. The molecule has 0 N–H and O–H groups in total. The van der Waals surface area contributed by atoms with Gasteiger partial charge in [-0.05, 0) is 16.7 Å². The van der Waals surface area contributed by atoms with Gasteiger partial charge in [-0.15, -0.1) is 13.2 Å². The van der Waals surface area contributed by atoms with Crippen molar-refractivity contribution in [3.8, 4) is 0 Å². The molecule has 26 heavy (non-hydrogen) atoms. The van der Waals surface area contributed by atoms with Crippen LogP contribution < -0.4 is 0 Å². The minimum Gasteiger partial charge on any atom is -0.336 e. The van der Waals surface area contributed by atoms with Crippen LogP contribution in [-0.2, 0) is 11.3 Å². The predicted molar refractivity (Wildman–Crippen MR) is 107 cm³/mol. The number of nitrogens with zero attached hydrogens (tertiary/aromatic N) is 2. The Bertz CT molecular complexity index is 759. The Kier molecular flexibility index (Phi) is 6.03. The quantitative estimate of drug-likeness (QED) is 0.711. The van der Waals surface area contributed by atoms with Crippen molar-refractivity contribution >= 4 is 5.91 Å². The lowest BCUT2D eigenvalue weighted by atomic mass is 9.84. The number of amides is 1. The Morgan fingerprint density at radius 3 is 2.38 bits per heavy atom. The van der Waals surface area contributed by atoms with E-state index in [2.05, 4.69) is 66.6 Å². The lowest BCUT2D eigenvalue weighted by Gasteiger charge is -2.36. The highest BCUT2D eigenvalue weighted by molar-refractivity contribution is 5.79. The molecule has 1 aliphatic heterocycles. The molecular weight excluding hydrogens is 320 g/mol. The second-order valence-corrected chi connectivity index (χ2v) is 6.71. The summed E-state index contributed by atoms with van der Waals surface area (Å²) in [5.74, 6) is 0.376. The van der Waals surface area contributed by atoms with Gasteiger partial charge in [0.1, 0.15) is 0 Å². The third kappa shape index (κ3) is 4.12. The van der Waals surface area contributed by atoms with Crippen LogP contribution in [0.1, 0.15) is 22.6 Å². The maximum absolute atomic E-state index is 13.0. The number of fused-ring (bicyclic) bond motifs is 1. The molecule has 0 aliphatic carbocycles. The second kappa shape index (κ2) is 8.63. The largest absolute Gasteiger partial charge is 0.336 e. The molecule has 0 fully saturated rings. The van der Waals surface area contributed by atoms with E-state index in [1.165, 1.54) is 16.7 Å². The fourth-order valence-electron chi connectivity index (χ4n) is 3.63. The van der Waals surface area contributed by atoms with E-state index in [0.29, 0.717) is 26.2 Å². The second-order valence-electron chi connectivity index (χ2n) is 6.71. The van der Waals surface area contributed by atoms with Crippen molar-refractivity contribution in [2.45, 2.75) is 12.5 Å². The number of hydrogen-bond donors (Lipinski definition) is 0. The molecule has 1 unspecified atom stereocenters. The minimum atomic E-state index is 0.157. The molecule has 1 aliphatic rings. The van der Waals surface area contributed by atoms with Crippen molar-refractivity contribution in [1.82, 2.24) is 9.80 Å². The molecule has 0 saturated carbocycles. The van der Waals surface area contributed by atoms with Gasteiger partial charge in [-0.1, -0.05) is 66.7 Å². The van der Waals surface area contributed by atoms with Crippen molar-refractivity contribution in [2.24, 2.45) is 0 Å². The van der Waals surface area contributed by atoms with Gasteiger partial charge >= 0.3 is 0 Å². The zero-order chi connectivity index (χ0) is 18.4. The molecule has 1 amide bonds.